The lowest BCUT2D eigenvalue weighted by Gasteiger charge is -2.08. The number of pyridine rings is 1. The molecule has 7 nitrogen and oxygen atoms in total. The monoisotopic (exact) mass is 414 g/mol. The number of carbonyl (C=O) groups is 1. The second-order valence-electron chi connectivity index (χ2n) is 7.09. The minimum absolute atomic E-state index is 0.126. The number of aryl methyl sites for hydroxylation is 2. The van der Waals surface area contributed by atoms with Gasteiger partial charge < -0.3 is 14.5 Å². The van der Waals surface area contributed by atoms with Gasteiger partial charge in [-0.25, -0.2) is 0 Å². The maximum absolute atomic E-state index is 12.3. The van der Waals surface area contributed by atoms with Crippen LogP contribution in [-0.4, -0.2) is 21.1 Å². The maximum atomic E-state index is 12.3. The molecule has 7 heteroatoms. The van der Waals surface area contributed by atoms with E-state index in [-0.39, 0.29) is 12.3 Å². The van der Waals surface area contributed by atoms with Gasteiger partial charge in [-0.3, -0.25) is 9.78 Å². The summed E-state index contributed by atoms with van der Waals surface area (Å²) in [5.41, 5.74) is 3.71. The summed E-state index contributed by atoms with van der Waals surface area (Å²) in [4.78, 5) is 16.3. The van der Waals surface area contributed by atoms with Crippen LogP contribution in [0.3, 0.4) is 0 Å². The molecule has 0 saturated carbocycles. The predicted molar refractivity (Wildman–Crippen MR) is 116 cm³/mol. The van der Waals surface area contributed by atoms with Crippen molar-refractivity contribution in [3.63, 3.8) is 0 Å². The SMILES string of the molecule is Cc1ccc(-c2nnc(CCC(=O)Nc3ccc(OCc4cccnc4)cc3)o2)cc1. The van der Waals surface area contributed by atoms with Crippen molar-refractivity contribution in [3.8, 4) is 17.2 Å². The van der Waals surface area contributed by atoms with Gasteiger partial charge in [0.2, 0.25) is 17.7 Å². The van der Waals surface area contributed by atoms with E-state index >= 15 is 0 Å². The summed E-state index contributed by atoms with van der Waals surface area (Å²) in [6.45, 7) is 2.46. The van der Waals surface area contributed by atoms with E-state index in [0.717, 1.165) is 22.4 Å². The normalized spacial score (nSPS) is 10.6. The second-order valence-corrected chi connectivity index (χ2v) is 7.09. The molecule has 0 saturated heterocycles. The van der Waals surface area contributed by atoms with E-state index in [9.17, 15) is 4.79 Å². The van der Waals surface area contributed by atoms with Crippen LogP contribution >= 0.6 is 0 Å². The Morgan fingerprint density at radius 3 is 2.58 bits per heavy atom. The molecule has 0 aliphatic carbocycles. The fraction of sp³-hybridized carbons (Fsp3) is 0.167. The summed E-state index contributed by atoms with van der Waals surface area (Å²) in [6, 6.07) is 18.9. The molecule has 0 unspecified atom stereocenters. The van der Waals surface area contributed by atoms with E-state index < -0.39 is 0 Å². The number of benzene rings is 2. The summed E-state index contributed by atoms with van der Waals surface area (Å²) in [5, 5.41) is 11.0. The van der Waals surface area contributed by atoms with Crippen LogP contribution in [-0.2, 0) is 17.8 Å². The number of nitrogens with one attached hydrogen (secondary N) is 1. The van der Waals surface area contributed by atoms with Crippen LogP contribution in [0.15, 0.2) is 77.5 Å². The highest BCUT2D eigenvalue weighted by Crippen LogP contribution is 2.20. The summed E-state index contributed by atoms with van der Waals surface area (Å²) >= 11 is 0. The van der Waals surface area contributed by atoms with Gasteiger partial charge in [0, 0.05) is 42.0 Å². The van der Waals surface area contributed by atoms with E-state index in [1.807, 2.05) is 55.5 Å². The Kier molecular flexibility index (Phi) is 6.32. The van der Waals surface area contributed by atoms with Crippen molar-refractivity contribution in [2.45, 2.75) is 26.4 Å². The number of nitrogens with zero attached hydrogens (tertiary/aromatic N) is 3. The number of aromatic nitrogens is 3. The number of rotatable bonds is 8. The van der Waals surface area contributed by atoms with Gasteiger partial charge in [0.1, 0.15) is 12.4 Å². The number of anilines is 1. The lowest BCUT2D eigenvalue weighted by molar-refractivity contribution is -0.116. The zero-order valence-electron chi connectivity index (χ0n) is 17.1. The first-order chi connectivity index (χ1) is 15.2. The molecule has 2 aromatic heterocycles. The summed E-state index contributed by atoms with van der Waals surface area (Å²) in [6.07, 6.45) is 4.11. The lowest BCUT2D eigenvalue weighted by atomic mass is 10.1. The van der Waals surface area contributed by atoms with Gasteiger partial charge >= 0.3 is 0 Å². The summed E-state index contributed by atoms with van der Waals surface area (Å²) in [7, 11) is 0. The van der Waals surface area contributed by atoms with Gasteiger partial charge in [0.25, 0.3) is 0 Å². The standard InChI is InChI=1S/C24H22N4O3/c1-17-4-6-19(7-5-17)24-28-27-23(31-24)13-12-22(29)26-20-8-10-21(11-9-20)30-16-18-3-2-14-25-15-18/h2-11,14-15H,12-13,16H2,1H3,(H,26,29). The number of carbonyl (C=O) groups excluding carboxylic acids is 1. The average molecular weight is 414 g/mol. The third kappa shape index (κ3) is 5.76. The zero-order chi connectivity index (χ0) is 21.5. The van der Waals surface area contributed by atoms with Crippen molar-refractivity contribution in [2.75, 3.05) is 5.32 Å². The minimum atomic E-state index is -0.126. The van der Waals surface area contributed by atoms with Gasteiger partial charge in [0.15, 0.2) is 0 Å². The molecule has 1 N–H and O–H groups in total. The van der Waals surface area contributed by atoms with Crippen molar-refractivity contribution in [1.82, 2.24) is 15.2 Å². The molecular weight excluding hydrogens is 392 g/mol. The van der Waals surface area contributed by atoms with Crippen LogP contribution in [0.25, 0.3) is 11.5 Å². The van der Waals surface area contributed by atoms with Crippen LogP contribution in [0.2, 0.25) is 0 Å². The quantitative estimate of drug-likeness (QED) is 0.453. The highest BCUT2D eigenvalue weighted by Gasteiger charge is 2.11. The average Bonchev–Trinajstić information content (AvgIpc) is 3.28. The molecule has 4 rings (SSSR count). The fourth-order valence-corrected chi connectivity index (χ4v) is 2.90. The van der Waals surface area contributed by atoms with E-state index in [0.29, 0.717) is 30.5 Å². The van der Waals surface area contributed by atoms with E-state index in [1.54, 1.807) is 24.5 Å². The molecule has 0 aliphatic heterocycles. The van der Waals surface area contributed by atoms with Crippen LogP contribution in [0.1, 0.15) is 23.4 Å². The molecule has 0 atom stereocenters. The van der Waals surface area contributed by atoms with Crippen molar-refractivity contribution in [3.05, 3.63) is 90.1 Å². The van der Waals surface area contributed by atoms with Gasteiger partial charge in [-0.2, -0.15) is 0 Å². The number of hydrogen-bond donors (Lipinski definition) is 1. The van der Waals surface area contributed by atoms with E-state index in [2.05, 4.69) is 20.5 Å². The molecular formula is C24H22N4O3. The Balaban J connectivity index is 1.25. The number of hydrogen-bond acceptors (Lipinski definition) is 6. The van der Waals surface area contributed by atoms with E-state index in [4.69, 9.17) is 9.15 Å². The molecule has 0 fully saturated rings. The molecule has 0 bridgehead atoms. The third-order valence-electron chi connectivity index (χ3n) is 4.60. The van der Waals surface area contributed by atoms with Crippen molar-refractivity contribution in [1.29, 1.82) is 0 Å². The smallest absolute Gasteiger partial charge is 0.247 e. The molecule has 0 spiro atoms. The van der Waals surface area contributed by atoms with Gasteiger partial charge in [-0.15, -0.1) is 10.2 Å². The number of ether oxygens (including phenoxy) is 1. The van der Waals surface area contributed by atoms with Gasteiger partial charge in [0.05, 0.1) is 0 Å². The minimum Gasteiger partial charge on any atom is -0.489 e. The van der Waals surface area contributed by atoms with Gasteiger partial charge in [-0.1, -0.05) is 23.8 Å². The Bertz CT molecular complexity index is 1120. The molecule has 2 aromatic carbocycles. The largest absolute Gasteiger partial charge is 0.489 e. The van der Waals surface area contributed by atoms with Crippen molar-refractivity contribution >= 4 is 11.6 Å². The van der Waals surface area contributed by atoms with Crippen LogP contribution in [0.5, 0.6) is 5.75 Å². The van der Waals surface area contributed by atoms with Crippen molar-refractivity contribution in [2.24, 2.45) is 0 Å². The first kappa shape index (κ1) is 20.3. The first-order valence-electron chi connectivity index (χ1n) is 9.97. The van der Waals surface area contributed by atoms with Crippen LogP contribution in [0, 0.1) is 6.92 Å². The predicted octanol–water partition coefficient (Wildman–Crippen LogP) is 4.59. The summed E-state index contributed by atoms with van der Waals surface area (Å²) < 4.78 is 11.4. The molecule has 2 heterocycles. The Hall–Kier alpha value is -4.00. The molecule has 31 heavy (non-hydrogen) atoms. The summed E-state index contributed by atoms with van der Waals surface area (Å²) in [5.74, 6) is 1.48. The Morgan fingerprint density at radius 1 is 1.03 bits per heavy atom. The molecule has 1 amide bonds. The Labute approximate surface area is 180 Å². The molecule has 156 valence electrons. The van der Waals surface area contributed by atoms with Crippen LogP contribution < -0.4 is 10.1 Å². The van der Waals surface area contributed by atoms with Crippen molar-refractivity contribution < 1.29 is 13.9 Å². The Morgan fingerprint density at radius 2 is 1.84 bits per heavy atom. The molecule has 4 aromatic rings. The highest BCUT2D eigenvalue weighted by atomic mass is 16.5. The maximum Gasteiger partial charge on any atom is 0.247 e. The molecule has 0 radical (unpaired) electrons. The molecule has 0 aliphatic rings. The van der Waals surface area contributed by atoms with Crippen LogP contribution in [0.4, 0.5) is 5.69 Å². The first-order valence-corrected chi connectivity index (χ1v) is 9.97. The topological polar surface area (TPSA) is 90.1 Å². The number of amides is 1. The second kappa shape index (κ2) is 9.67. The lowest BCUT2D eigenvalue weighted by Crippen LogP contribution is -2.12. The fourth-order valence-electron chi connectivity index (χ4n) is 2.90. The zero-order valence-corrected chi connectivity index (χ0v) is 17.1. The van der Waals surface area contributed by atoms with Gasteiger partial charge in [-0.05, 0) is 49.4 Å². The third-order valence-corrected chi connectivity index (χ3v) is 4.60. The highest BCUT2D eigenvalue weighted by molar-refractivity contribution is 5.90. The van der Waals surface area contributed by atoms with E-state index in [1.165, 1.54) is 0 Å².